The van der Waals surface area contributed by atoms with Crippen molar-refractivity contribution in [1.82, 2.24) is 15.5 Å². The smallest absolute Gasteiger partial charge is 0.254 e. The van der Waals surface area contributed by atoms with Crippen LogP contribution in [0, 0.1) is 17.7 Å². The normalized spacial score (nSPS) is 15.6. The Hall–Kier alpha value is -2.48. The molecule has 0 radical (unpaired) electrons. The molecule has 1 aromatic rings. The number of nitrogens with zero attached hydrogens (tertiary/aromatic N) is 1. The Morgan fingerprint density at radius 3 is 2.48 bits per heavy atom. The Morgan fingerprint density at radius 1 is 1.19 bits per heavy atom. The predicted octanol–water partition coefficient (Wildman–Crippen LogP) is 2.36. The van der Waals surface area contributed by atoms with Gasteiger partial charge in [-0.1, -0.05) is 26.0 Å². The highest BCUT2D eigenvalue weighted by Gasteiger charge is 2.34. The molecule has 1 aromatic carbocycles. The highest BCUT2D eigenvalue weighted by atomic mass is 19.1. The molecule has 1 aliphatic heterocycles. The number of hydrogen-bond acceptors (Lipinski definition) is 4. The SMILES string of the molecule is COCCCNC(=O)C(NC(=O)c1ccccc1F)C1CCN(C(=O)CC(C)C)CC1. The van der Waals surface area contributed by atoms with Crippen LogP contribution in [0.3, 0.4) is 0 Å². The van der Waals surface area contributed by atoms with E-state index in [1.54, 1.807) is 13.2 Å². The summed E-state index contributed by atoms with van der Waals surface area (Å²) in [6.07, 6.45) is 2.34. The van der Waals surface area contributed by atoms with Gasteiger partial charge in [-0.3, -0.25) is 14.4 Å². The topological polar surface area (TPSA) is 87.7 Å². The number of hydrogen-bond donors (Lipinski definition) is 2. The molecule has 1 atom stereocenters. The molecular formula is C23H34FN3O4. The van der Waals surface area contributed by atoms with Crippen molar-refractivity contribution in [2.45, 2.75) is 45.6 Å². The van der Waals surface area contributed by atoms with Crippen molar-refractivity contribution >= 4 is 17.7 Å². The van der Waals surface area contributed by atoms with Crippen LogP contribution in [-0.2, 0) is 14.3 Å². The second kappa shape index (κ2) is 12.4. The summed E-state index contributed by atoms with van der Waals surface area (Å²) >= 11 is 0. The molecule has 1 fully saturated rings. The zero-order chi connectivity index (χ0) is 22.8. The van der Waals surface area contributed by atoms with Crippen LogP contribution in [0.2, 0.25) is 0 Å². The standard InChI is InChI=1S/C23H34FN3O4/c1-16(2)15-20(28)27-12-9-17(10-13-27)21(23(30)25-11-6-14-31-3)26-22(29)18-7-4-5-8-19(18)24/h4-5,7-8,16-17,21H,6,9-15H2,1-3H3,(H,25,30)(H,26,29). The van der Waals surface area contributed by atoms with E-state index in [4.69, 9.17) is 4.74 Å². The Bertz CT molecular complexity index is 748. The fourth-order valence-corrected chi connectivity index (χ4v) is 3.76. The van der Waals surface area contributed by atoms with Gasteiger partial charge in [0.05, 0.1) is 5.56 Å². The van der Waals surface area contributed by atoms with E-state index in [2.05, 4.69) is 10.6 Å². The van der Waals surface area contributed by atoms with Gasteiger partial charge < -0.3 is 20.3 Å². The lowest BCUT2D eigenvalue weighted by atomic mass is 9.88. The third kappa shape index (κ3) is 7.61. The van der Waals surface area contributed by atoms with E-state index in [9.17, 15) is 18.8 Å². The second-order valence-corrected chi connectivity index (χ2v) is 8.38. The zero-order valence-electron chi connectivity index (χ0n) is 18.7. The summed E-state index contributed by atoms with van der Waals surface area (Å²) in [5.41, 5.74) is -0.0933. The Labute approximate surface area is 183 Å². The van der Waals surface area contributed by atoms with Crippen molar-refractivity contribution in [3.63, 3.8) is 0 Å². The maximum atomic E-state index is 14.0. The molecule has 1 aliphatic rings. The molecule has 31 heavy (non-hydrogen) atoms. The minimum Gasteiger partial charge on any atom is -0.385 e. The second-order valence-electron chi connectivity index (χ2n) is 8.38. The van der Waals surface area contributed by atoms with E-state index < -0.39 is 17.8 Å². The third-order valence-corrected chi connectivity index (χ3v) is 5.46. The van der Waals surface area contributed by atoms with Crippen molar-refractivity contribution < 1.29 is 23.5 Å². The van der Waals surface area contributed by atoms with Gasteiger partial charge in [0, 0.05) is 39.8 Å². The number of piperidine rings is 1. The first-order chi connectivity index (χ1) is 14.8. The first-order valence-corrected chi connectivity index (χ1v) is 10.9. The lowest BCUT2D eigenvalue weighted by molar-refractivity contribution is -0.133. The number of carbonyl (C=O) groups excluding carboxylic acids is 3. The Kier molecular flexibility index (Phi) is 9.91. The number of methoxy groups -OCH3 is 1. The van der Waals surface area contributed by atoms with Gasteiger partial charge in [0.25, 0.3) is 5.91 Å². The fourth-order valence-electron chi connectivity index (χ4n) is 3.76. The molecule has 7 nitrogen and oxygen atoms in total. The molecule has 1 unspecified atom stereocenters. The predicted molar refractivity (Wildman–Crippen MR) is 116 cm³/mol. The van der Waals surface area contributed by atoms with E-state index in [0.29, 0.717) is 51.9 Å². The van der Waals surface area contributed by atoms with Crippen LogP contribution in [0.25, 0.3) is 0 Å². The van der Waals surface area contributed by atoms with Gasteiger partial charge >= 0.3 is 0 Å². The first kappa shape index (κ1) is 24.8. The van der Waals surface area contributed by atoms with Crippen molar-refractivity contribution in [2.24, 2.45) is 11.8 Å². The quantitative estimate of drug-likeness (QED) is 0.553. The molecule has 8 heteroatoms. The van der Waals surface area contributed by atoms with Gasteiger partial charge in [-0.25, -0.2) is 4.39 Å². The number of carbonyl (C=O) groups is 3. The molecule has 0 aliphatic carbocycles. The van der Waals surface area contributed by atoms with Crippen molar-refractivity contribution in [2.75, 3.05) is 33.4 Å². The number of amides is 3. The van der Waals surface area contributed by atoms with Crippen molar-refractivity contribution in [3.8, 4) is 0 Å². The van der Waals surface area contributed by atoms with E-state index in [1.807, 2.05) is 18.7 Å². The average Bonchev–Trinajstić information content (AvgIpc) is 2.74. The molecule has 2 rings (SSSR count). The van der Waals surface area contributed by atoms with Gasteiger partial charge in [0.2, 0.25) is 11.8 Å². The van der Waals surface area contributed by atoms with E-state index in [-0.39, 0.29) is 29.2 Å². The minimum absolute atomic E-state index is 0.0933. The van der Waals surface area contributed by atoms with Gasteiger partial charge in [-0.05, 0) is 43.2 Å². The monoisotopic (exact) mass is 435 g/mol. The fraction of sp³-hybridized carbons (Fsp3) is 0.609. The number of halogens is 1. The van der Waals surface area contributed by atoms with Crippen LogP contribution < -0.4 is 10.6 Å². The summed E-state index contributed by atoms with van der Waals surface area (Å²) in [7, 11) is 1.59. The van der Waals surface area contributed by atoms with Crippen LogP contribution in [0.15, 0.2) is 24.3 Å². The summed E-state index contributed by atoms with van der Waals surface area (Å²) < 4.78 is 19.0. The summed E-state index contributed by atoms with van der Waals surface area (Å²) in [6, 6.07) is 4.91. The van der Waals surface area contributed by atoms with Gasteiger partial charge in [0.15, 0.2) is 0 Å². The van der Waals surface area contributed by atoms with E-state index in [0.717, 1.165) is 0 Å². The van der Waals surface area contributed by atoms with Crippen molar-refractivity contribution in [1.29, 1.82) is 0 Å². The minimum atomic E-state index is -0.794. The molecule has 0 bridgehead atoms. The zero-order valence-corrected chi connectivity index (χ0v) is 18.7. The molecular weight excluding hydrogens is 401 g/mol. The van der Waals surface area contributed by atoms with Crippen LogP contribution in [-0.4, -0.2) is 62.0 Å². The highest BCUT2D eigenvalue weighted by Crippen LogP contribution is 2.23. The molecule has 0 saturated carbocycles. The summed E-state index contributed by atoms with van der Waals surface area (Å²) in [5.74, 6) is -1.28. The number of benzene rings is 1. The molecule has 2 N–H and O–H groups in total. The first-order valence-electron chi connectivity index (χ1n) is 10.9. The lowest BCUT2D eigenvalue weighted by Crippen LogP contribution is -2.54. The number of ether oxygens (including phenoxy) is 1. The van der Waals surface area contributed by atoms with Crippen LogP contribution >= 0.6 is 0 Å². The third-order valence-electron chi connectivity index (χ3n) is 5.46. The van der Waals surface area contributed by atoms with Gasteiger partial charge in [0.1, 0.15) is 11.9 Å². The lowest BCUT2D eigenvalue weighted by Gasteiger charge is -2.36. The molecule has 0 spiro atoms. The van der Waals surface area contributed by atoms with E-state index in [1.165, 1.54) is 18.2 Å². The average molecular weight is 436 g/mol. The van der Waals surface area contributed by atoms with Crippen LogP contribution in [0.5, 0.6) is 0 Å². The summed E-state index contributed by atoms with van der Waals surface area (Å²) in [5, 5.41) is 5.57. The molecule has 3 amide bonds. The summed E-state index contributed by atoms with van der Waals surface area (Å²) in [6.45, 7) is 6.03. The maximum absolute atomic E-state index is 14.0. The Balaban J connectivity index is 2.05. The molecule has 1 heterocycles. The van der Waals surface area contributed by atoms with Crippen LogP contribution in [0.1, 0.15) is 49.9 Å². The number of likely N-dealkylation sites (tertiary alicyclic amines) is 1. The highest BCUT2D eigenvalue weighted by molar-refractivity contribution is 5.97. The maximum Gasteiger partial charge on any atom is 0.254 e. The Morgan fingerprint density at radius 2 is 1.87 bits per heavy atom. The van der Waals surface area contributed by atoms with Crippen LogP contribution in [0.4, 0.5) is 4.39 Å². The molecule has 0 aromatic heterocycles. The van der Waals surface area contributed by atoms with Gasteiger partial charge in [-0.15, -0.1) is 0 Å². The number of rotatable bonds is 10. The largest absolute Gasteiger partial charge is 0.385 e. The molecule has 172 valence electrons. The summed E-state index contributed by atoms with van der Waals surface area (Å²) in [4.78, 5) is 39.7. The number of nitrogens with one attached hydrogen (secondary N) is 2. The molecule has 1 saturated heterocycles. The van der Waals surface area contributed by atoms with Gasteiger partial charge in [-0.2, -0.15) is 0 Å². The van der Waals surface area contributed by atoms with E-state index >= 15 is 0 Å². The van der Waals surface area contributed by atoms with Crippen molar-refractivity contribution in [3.05, 3.63) is 35.6 Å².